The number of halogens is 2. The van der Waals surface area contributed by atoms with Gasteiger partial charge in [0.1, 0.15) is 0 Å². The van der Waals surface area contributed by atoms with Crippen LogP contribution in [0.5, 0.6) is 5.75 Å². The molecule has 0 amide bonds. The Morgan fingerprint density at radius 3 is 2.06 bits per heavy atom. The van der Waals surface area contributed by atoms with Crippen molar-refractivity contribution in [3.63, 3.8) is 0 Å². The second-order valence-corrected chi connectivity index (χ2v) is 9.64. The van der Waals surface area contributed by atoms with Gasteiger partial charge < -0.3 is 14.2 Å². The van der Waals surface area contributed by atoms with Crippen LogP contribution in [0.1, 0.15) is 107 Å². The third kappa shape index (κ3) is 8.57. The highest BCUT2D eigenvalue weighted by atomic mass is 19.2. The van der Waals surface area contributed by atoms with Gasteiger partial charge in [-0.25, -0.2) is 4.39 Å². The second kappa shape index (κ2) is 15.2. The predicted octanol–water partition coefficient (Wildman–Crippen LogP) is 8.66. The molecule has 194 valence electrons. The van der Waals surface area contributed by atoms with E-state index in [0.717, 1.165) is 37.7 Å². The molecule has 0 unspecified atom stereocenters. The molecular weight excluding hydrogens is 446 g/mol. The van der Waals surface area contributed by atoms with Gasteiger partial charge in [-0.15, -0.1) is 0 Å². The van der Waals surface area contributed by atoms with Crippen LogP contribution in [0.3, 0.4) is 0 Å². The number of aryl methyl sites for hydroxylation is 1. The van der Waals surface area contributed by atoms with Gasteiger partial charge in [0, 0.05) is 11.5 Å². The van der Waals surface area contributed by atoms with Crippen LogP contribution in [-0.2, 0) is 15.9 Å². The lowest BCUT2D eigenvalue weighted by atomic mass is 9.97. The molecule has 0 atom stereocenters. The molecule has 1 fully saturated rings. The molecule has 1 aliphatic rings. The lowest BCUT2D eigenvalue weighted by Gasteiger charge is -2.30. The Bertz CT molecular complexity index is 861. The molecule has 5 heteroatoms. The van der Waals surface area contributed by atoms with E-state index in [9.17, 15) is 8.78 Å². The zero-order valence-corrected chi connectivity index (χ0v) is 21.5. The van der Waals surface area contributed by atoms with Gasteiger partial charge in [-0.2, -0.15) is 4.39 Å². The Labute approximate surface area is 210 Å². The minimum Gasteiger partial charge on any atom is -0.490 e. The fraction of sp³-hybridized carbons (Fsp3) is 0.600. The molecule has 0 aromatic heterocycles. The highest BCUT2D eigenvalue weighted by Crippen LogP contribution is 2.34. The summed E-state index contributed by atoms with van der Waals surface area (Å²) >= 11 is 0. The number of unbranched alkanes of at least 4 members (excludes halogenated alkanes) is 8. The normalized spacial score (nSPS) is 18.1. The van der Waals surface area contributed by atoms with Crippen LogP contribution in [-0.4, -0.2) is 19.8 Å². The summed E-state index contributed by atoms with van der Waals surface area (Å²) in [5, 5.41) is 0. The second-order valence-electron chi connectivity index (χ2n) is 9.64. The topological polar surface area (TPSA) is 27.7 Å². The Balaban J connectivity index is 1.45. The van der Waals surface area contributed by atoms with Crippen molar-refractivity contribution in [2.75, 3.05) is 19.8 Å². The number of hydrogen-bond acceptors (Lipinski definition) is 3. The smallest absolute Gasteiger partial charge is 0.201 e. The van der Waals surface area contributed by atoms with Gasteiger partial charge in [0.2, 0.25) is 5.82 Å². The average molecular weight is 489 g/mol. The molecule has 3 rings (SSSR count). The van der Waals surface area contributed by atoms with E-state index in [-0.39, 0.29) is 17.2 Å². The predicted molar refractivity (Wildman–Crippen MR) is 137 cm³/mol. The summed E-state index contributed by atoms with van der Waals surface area (Å²) in [5.74, 6) is -1.92. The van der Waals surface area contributed by atoms with E-state index in [1.165, 1.54) is 56.2 Å². The van der Waals surface area contributed by atoms with Gasteiger partial charge in [-0.05, 0) is 42.5 Å². The first-order valence-electron chi connectivity index (χ1n) is 13.6. The van der Waals surface area contributed by atoms with Crippen molar-refractivity contribution >= 4 is 0 Å². The molecule has 2 aromatic carbocycles. The molecule has 1 saturated heterocycles. The Morgan fingerprint density at radius 1 is 0.743 bits per heavy atom. The minimum atomic E-state index is -0.978. The first-order valence-corrected chi connectivity index (χ1v) is 13.6. The van der Waals surface area contributed by atoms with E-state index in [4.69, 9.17) is 14.2 Å². The third-order valence-electron chi connectivity index (χ3n) is 6.75. The summed E-state index contributed by atoms with van der Waals surface area (Å²) in [6.07, 6.45) is 12.1. The maximum atomic E-state index is 14.7. The molecule has 35 heavy (non-hydrogen) atoms. The van der Waals surface area contributed by atoms with Crippen LogP contribution in [0.25, 0.3) is 0 Å². The van der Waals surface area contributed by atoms with E-state index in [1.54, 1.807) is 0 Å². The van der Waals surface area contributed by atoms with Gasteiger partial charge in [0.15, 0.2) is 17.9 Å². The van der Waals surface area contributed by atoms with E-state index in [0.29, 0.717) is 19.8 Å². The van der Waals surface area contributed by atoms with E-state index in [2.05, 4.69) is 38.1 Å². The Kier molecular flexibility index (Phi) is 12.0. The molecule has 0 spiro atoms. The molecule has 0 N–H and O–H groups in total. The van der Waals surface area contributed by atoms with Crippen LogP contribution in [0.15, 0.2) is 36.4 Å². The molecule has 1 heterocycles. The number of benzene rings is 2. The summed E-state index contributed by atoms with van der Waals surface area (Å²) < 4.78 is 46.3. The molecular formula is C30H42F2O3. The summed E-state index contributed by atoms with van der Waals surface area (Å²) in [4.78, 5) is 0. The van der Waals surface area contributed by atoms with Crippen LogP contribution < -0.4 is 4.74 Å². The Hall–Kier alpha value is -1.98. The van der Waals surface area contributed by atoms with Gasteiger partial charge >= 0.3 is 0 Å². The molecule has 0 aliphatic carbocycles. The van der Waals surface area contributed by atoms with Gasteiger partial charge in [-0.1, -0.05) is 89.5 Å². The van der Waals surface area contributed by atoms with E-state index in [1.807, 2.05) is 0 Å². The summed E-state index contributed by atoms with van der Waals surface area (Å²) in [6.45, 7) is 5.55. The van der Waals surface area contributed by atoms with Crippen LogP contribution in [0.2, 0.25) is 0 Å². The van der Waals surface area contributed by atoms with Crippen molar-refractivity contribution in [3.05, 3.63) is 64.7 Å². The van der Waals surface area contributed by atoms with E-state index >= 15 is 0 Å². The molecule has 0 saturated carbocycles. The molecule has 3 nitrogen and oxygen atoms in total. The molecule has 0 bridgehead atoms. The quantitative estimate of drug-likeness (QED) is 0.235. The molecule has 2 aromatic rings. The van der Waals surface area contributed by atoms with Gasteiger partial charge in [0.05, 0.1) is 19.8 Å². The van der Waals surface area contributed by atoms with Gasteiger partial charge in [0.25, 0.3) is 0 Å². The molecule has 1 aliphatic heterocycles. The van der Waals surface area contributed by atoms with Crippen LogP contribution in [0.4, 0.5) is 8.78 Å². The lowest BCUT2D eigenvalue weighted by Crippen LogP contribution is -2.26. The maximum Gasteiger partial charge on any atom is 0.201 e. The van der Waals surface area contributed by atoms with Crippen molar-refractivity contribution < 1.29 is 23.0 Å². The highest BCUT2D eigenvalue weighted by molar-refractivity contribution is 5.32. The van der Waals surface area contributed by atoms with Gasteiger partial charge in [-0.3, -0.25) is 0 Å². The van der Waals surface area contributed by atoms with Crippen molar-refractivity contribution in [1.29, 1.82) is 0 Å². The number of rotatable bonds is 15. The highest BCUT2D eigenvalue weighted by Gasteiger charge is 2.28. The van der Waals surface area contributed by atoms with Crippen LogP contribution >= 0.6 is 0 Å². The summed E-state index contributed by atoms with van der Waals surface area (Å²) in [5.41, 5.74) is 2.58. The minimum absolute atomic E-state index is 0.0579. The van der Waals surface area contributed by atoms with E-state index < -0.39 is 17.9 Å². The average Bonchev–Trinajstić information content (AvgIpc) is 2.89. The fourth-order valence-corrected chi connectivity index (χ4v) is 4.49. The lowest BCUT2D eigenvalue weighted by molar-refractivity contribution is -0.193. The zero-order chi connectivity index (χ0) is 24.9. The summed E-state index contributed by atoms with van der Waals surface area (Å²) in [7, 11) is 0. The zero-order valence-electron chi connectivity index (χ0n) is 21.5. The number of ether oxygens (including phenoxy) is 3. The van der Waals surface area contributed by atoms with Crippen molar-refractivity contribution in [2.45, 2.75) is 96.7 Å². The Morgan fingerprint density at radius 2 is 1.37 bits per heavy atom. The first kappa shape index (κ1) is 27.6. The monoisotopic (exact) mass is 488 g/mol. The van der Waals surface area contributed by atoms with Crippen molar-refractivity contribution in [1.82, 2.24) is 0 Å². The number of hydrogen-bond donors (Lipinski definition) is 0. The fourth-order valence-electron chi connectivity index (χ4n) is 4.49. The largest absolute Gasteiger partial charge is 0.490 e. The maximum absolute atomic E-state index is 14.7. The molecule has 0 radical (unpaired) electrons. The first-order chi connectivity index (χ1) is 17.1. The third-order valence-corrected chi connectivity index (χ3v) is 6.75. The standard InChI is InChI=1S/C30H42F2O3/c1-3-5-7-9-10-11-13-23-14-16-24(17-15-23)25-21-34-30(35-22-25)26-18-19-27(29(32)28(26)31)33-20-12-8-6-4-2/h14-19,25,30H,3-13,20-22H2,1-2H3. The summed E-state index contributed by atoms with van der Waals surface area (Å²) in [6, 6.07) is 11.6. The van der Waals surface area contributed by atoms with Crippen LogP contribution in [0, 0.1) is 11.6 Å². The van der Waals surface area contributed by atoms with Crippen molar-refractivity contribution in [3.8, 4) is 5.75 Å². The SMILES string of the molecule is CCCCCCCCc1ccc(C2COC(c3ccc(OCCCCCC)c(F)c3F)OC2)cc1. The van der Waals surface area contributed by atoms with Crippen molar-refractivity contribution in [2.24, 2.45) is 0 Å².